The summed E-state index contributed by atoms with van der Waals surface area (Å²) < 4.78 is 17.6. The number of allylic oxidation sites excluding steroid dienone is 1. The molecule has 0 amide bonds. The van der Waals surface area contributed by atoms with Crippen molar-refractivity contribution in [3.8, 4) is 5.75 Å². The molecule has 3 rings (SSSR count). The molecule has 1 heterocycles. The van der Waals surface area contributed by atoms with Gasteiger partial charge in [0.25, 0.3) is 0 Å². The zero-order chi connectivity index (χ0) is 22.1. The number of aliphatic hydroxyl groups is 3. The Kier molecular flexibility index (Phi) is 9.81. The van der Waals surface area contributed by atoms with Gasteiger partial charge in [-0.05, 0) is 36.5 Å². The van der Waals surface area contributed by atoms with Gasteiger partial charge in [0, 0.05) is 6.61 Å². The van der Waals surface area contributed by atoms with Gasteiger partial charge in [-0.15, -0.1) is 6.58 Å². The Morgan fingerprint density at radius 3 is 2.45 bits per heavy atom. The smallest absolute Gasteiger partial charge is 0.229 e. The second-order valence-corrected chi connectivity index (χ2v) is 8.80. The quantitative estimate of drug-likeness (QED) is 0.366. The summed E-state index contributed by atoms with van der Waals surface area (Å²) >= 11 is 0. The minimum atomic E-state index is -1.23. The summed E-state index contributed by atoms with van der Waals surface area (Å²) in [5, 5.41) is 30.4. The molecular weight excluding hydrogens is 396 g/mol. The molecule has 0 radical (unpaired) electrons. The molecule has 1 aliphatic carbocycles. The highest BCUT2D eigenvalue weighted by molar-refractivity contribution is 5.28. The maximum atomic E-state index is 10.6. The van der Waals surface area contributed by atoms with E-state index in [4.69, 9.17) is 14.2 Å². The van der Waals surface area contributed by atoms with Gasteiger partial charge < -0.3 is 29.5 Å². The molecule has 1 aromatic carbocycles. The molecule has 0 spiro atoms. The Bertz CT molecular complexity index is 642. The van der Waals surface area contributed by atoms with Crippen LogP contribution in [0.25, 0.3) is 0 Å². The van der Waals surface area contributed by atoms with Crippen LogP contribution in [0.5, 0.6) is 5.75 Å². The molecule has 3 N–H and O–H groups in total. The predicted octanol–water partition coefficient (Wildman–Crippen LogP) is 3.37. The van der Waals surface area contributed by atoms with Gasteiger partial charge >= 0.3 is 0 Å². The van der Waals surface area contributed by atoms with Gasteiger partial charge in [-0.3, -0.25) is 0 Å². The predicted molar refractivity (Wildman–Crippen MR) is 119 cm³/mol. The average molecular weight is 435 g/mol. The number of benzene rings is 1. The summed E-state index contributed by atoms with van der Waals surface area (Å²) in [6.45, 7) is 3.79. The van der Waals surface area contributed by atoms with E-state index in [0.29, 0.717) is 12.4 Å². The Morgan fingerprint density at radius 1 is 1.03 bits per heavy atom. The van der Waals surface area contributed by atoms with Crippen LogP contribution >= 0.6 is 0 Å². The number of rotatable bonds is 11. The molecule has 1 saturated carbocycles. The minimum absolute atomic E-state index is 0.412. The monoisotopic (exact) mass is 434 g/mol. The number of unbranched alkanes of at least 4 members (excludes halogenated alkanes) is 1. The summed E-state index contributed by atoms with van der Waals surface area (Å²) in [6, 6.07) is 7.54. The van der Waals surface area contributed by atoms with Gasteiger partial charge in [0.1, 0.15) is 30.2 Å². The van der Waals surface area contributed by atoms with Gasteiger partial charge in [0.2, 0.25) is 6.29 Å². The van der Waals surface area contributed by atoms with Crippen LogP contribution in [0.2, 0.25) is 0 Å². The van der Waals surface area contributed by atoms with Crippen LogP contribution < -0.4 is 4.74 Å². The van der Waals surface area contributed by atoms with Crippen LogP contribution in [0.4, 0.5) is 0 Å². The first-order chi connectivity index (χ1) is 15.1. The van der Waals surface area contributed by atoms with Gasteiger partial charge in [-0.25, -0.2) is 0 Å². The van der Waals surface area contributed by atoms with Crippen molar-refractivity contribution >= 4 is 0 Å². The van der Waals surface area contributed by atoms with Gasteiger partial charge in [0.05, 0.1) is 6.61 Å². The van der Waals surface area contributed by atoms with Crippen molar-refractivity contribution in [2.75, 3.05) is 13.2 Å². The van der Waals surface area contributed by atoms with Crippen molar-refractivity contribution in [1.29, 1.82) is 0 Å². The van der Waals surface area contributed by atoms with Crippen molar-refractivity contribution < 1.29 is 29.5 Å². The molecule has 6 heteroatoms. The Hall–Kier alpha value is -1.44. The molecule has 6 nitrogen and oxygen atoms in total. The van der Waals surface area contributed by atoms with Crippen LogP contribution in [0.15, 0.2) is 36.9 Å². The first-order valence-corrected chi connectivity index (χ1v) is 11.7. The number of ether oxygens (including phenoxy) is 3. The van der Waals surface area contributed by atoms with Crippen molar-refractivity contribution in [3.05, 3.63) is 42.5 Å². The lowest BCUT2D eigenvalue weighted by atomic mass is 9.86. The van der Waals surface area contributed by atoms with Crippen LogP contribution in [-0.4, -0.2) is 59.2 Å². The Morgan fingerprint density at radius 2 is 1.77 bits per heavy atom. The molecule has 2 fully saturated rings. The second-order valence-electron chi connectivity index (χ2n) is 8.80. The van der Waals surface area contributed by atoms with Crippen molar-refractivity contribution in [2.24, 2.45) is 5.92 Å². The van der Waals surface area contributed by atoms with Crippen molar-refractivity contribution in [3.63, 3.8) is 0 Å². The first kappa shape index (κ1) is 24.2. The van der Waals surface area contributed by atoms with E-state index in [1.54, 1.807) is 0 Å². The van der Waals surface area contributed by atoms with E-state index in [9.17, 15) is 15.3 Å². The molecule has 0 bridgehead atoms. The van der Waals surface area contributed by atoms with E-state index in [1.807, 2.05) is 30.3 Å². The van der Waals surface area contributed by atoms with Crippen molar-refractivity contribution in [1.82, 2.24) is 0 Å². The normalized spacial score (nSPS) is 29.6. The number of aliphatic hydroxyl groups excluding tert-OH is 3. The zero-order valence-corrected chi connectivity index (χ0v) is 18.4. The molecule has 1 saturated heterocycles. The molecule has 2 aliphatic rings. The van der Waals surface area contributed by atoms with E-state index < -0.39 is 37.3 Å². The largest absolute Gasteiger partial charge is 0.462 e. The van der Waals surface area contributed by atoms with Gasteiger partial charge in [-0.2, -0.15) is 0 Å². The molecule has 31 heavy (non-hydrogen) atoms. The van der Waals surface area contributed by atoms with Crippen LogP contribution in [0, 0.1) is 5.92 Å². The summed E-state index contributed by atoms with van der Waals surface area (Å²) in [4.78, 5) is 0. The molecule has 1 aliphatic heterocycles. The topological polar surface area (TPSA) is 88.4 Å². The lowest BCUT2D eigenvalue weighted by Crippen LogP contribution is -2.61. The zero-order valence-electron chi connectivity index (χ0n) is 18.4. The fraction of sp³-hybridized carbons (Fsp3) is 0.680. The first-order valence-electron chi connectivity index (χ1n) is 11.7. The van der Waals surface area contributed by atoms with Gasteiger partial charge in [-0.1, -0.05) is 63.2 Å². The summed E-state index contributed by atoms with van der Waals surface area (Å²) in [6.07, 6.45) is 7.45. The fourth-order valence-electron chi connectivity index (χ4n) is 4.56. The van der Waals surface area contributed by atoms with Crippen LogP contribution in [0.1, 0.15) is 56.9 Å². The third-order valence-electron chi connectivity index (χ3n) is 6.42. The van der Waals surface area contributed by atoms with Gasteiger partial charge in [0.15, 0.2) is 0 Å². The molecule has 0 aromatic heterocycles. The lowest BCUT2D eigenvalue weighted by Gasteiger charge is -2.41. The van der Waals surface area contributed by atoms with Crippen molar-refractivity contribution in [2.45, 2.75) is 88.5 Å². The van der Waals surface area contributed by atoms with E-state index in [1.165, 1.54) is 38.5 Å². The third-order valence-corrected chi connectivity index (χ3v) is 6.42. The average Bonchev–Trinajstić information content (AvgIpc) is 2.79. The molecular formula is C25H38O6. The maximum absolute atomic E-state index is 10.6. The van der Waals surface area contributed by atoms with E-state index in [0.717, 1.165) is 30.7 Å². The maximum Gasteiger partial charge on any atom is 0.229 e. The van der Waals surface area contributed by atoms with Crippen LogP contribution in [-0.2, 0) is 15.9 Å². The standard InChI is InChI=1S/C25H38O6/c1-2-8-18-12-14-20(15-13-18)30-25-24(23(28)22(27)21(17-26)31-25)29-16-7-6-11-19-9-4-3-5-10-19/h2,12-15,19,21-28H,1,3-11,16-17H2/t21-,22-,23+,24-,25-/m1/s1. The fourth-order valence-corrected chi connectivity index (χ4v) is 4.56. The Balaban J connectivity index is 1.54. The highest BCUT2D eigenvalue weighted by Gasteiger charge is 2.46. The summed E-state index contributed by atoms with van der Waals surface area (Å²) in [5.74, 6) is 1.41. The van der Waals surface area contributed by atoms with Crippen LogP contribution in [0.3, 0.4) is 0 Å². The molecule has 0 unspecified atom stereocenters. The molecule has 174 valence electrons. The summed E-state index contributed by atoms with van der Waals surface area (Å²) in [5.41, 5.74) is 1.11. The van der Waals surface area contributed by atoms with E-state index in [-0.39, 0.29) is 0 Å². The summed E-state index contributed by atoms with van der Waals surface area (Å²) in [7, 11) is 0. The second kappa shape index (κ2) is 12.6. The number of hydrogen-bond donors (Lipinski definition) is 3. The Labute approximate surface area is 185 Å². The molecule has 5 atom stereocenters. The lowest BCUT2D eigenvalue weighted by molar-refractivity contribution is -0.287. The number of hydrogen-bond acceptors (Lipinski definition) is 6. The van der Waals surface area contributed by atoms with E-state index in [2.05, 4.69) is 6.58 Å². The van der Waals surface area contributed by atoms with E-state index >= 15 is 0 Å². The highest BCUT2D eigenvalue weighted by Crippen LogP contribution is 2.29. The molecule has 1 aromatic rings. The SMILES string of the molecule is C=CCc1ccc(O[C@@H]2O[C@H](CO)[C@@H](O)[C@H](O)[C@H]2OCCCCC2CCCCC2)cc1. The minimum Gasteiger partial charge on any atom is -0.462 e. The highest BCUT2D eigenvalue weighted by atomic mass is 16.7. The third kappa shape index (κ3) is 7.02.